The Balaban J connectivity index is 0.00000408. The molecule has 0 saturated carbocycles. The van der Waals surface area contributed by atoms with Gasteiger partial charge in [0.1, 0.15) is 30.6 Å². The number of benzene rings is 2. The molecule has 2 aromatic carbocycles. The summed E-state index contributed by atoms with van der Waals surface area (Å²) in [5.74, 6) is 0. The first-order valence-corrected chi connectivity index (χ1v) is 11.9. The molecule has 12 heteroatoms. The van der Waals surface area contributed by atoms with Crippen LogP contribution in [0, 0.1) is 0 Å². The van der Waals surface area contributed by atoms with Crippen molar-refractivity contribution in [2.75, 3.05) is 14.1 Å². The standard InChI is InChI=1S/C22H30N2O8S.Na/c1-24(2)23-21-17(25)18(30-13-15-9-5-3-6-10-15)19(20(32-21)22(26)33(27,28)29)31-14-16-11-7-4-8-12-16;/h3-12,17-23,25-26H,13-14H2,1-2H3,(H,27,28,29);/q;+1. The van der Waals surface area contributed by atoms with Crippen molar-refractivity contribution in [3.63, 3.8) is 0 Å². The van der Waals surface area contributed by atoms with E-state index in [1.807, 2.05) is 60.7 Å². The van der Waals surface area contributed by atoms with Crippen molar-refractivity contribution in [3.05, 3.63) is 71.8 Å². The van der Waals surface area contributed by atoms with Crippen LogP contribution < -0.4 is 35.0 Å². The first-order valence-electron chi connectivity index (χ1n) is 10.4. The number of ether oxygens (including phenoxy) is 3. The molecule has 34 heavy (non-hydrogen) atoms. The monoisotopic (exact) mass is 505 g/mol. The minimum atomic E-state index is -4.91. The van der Waals surface area contributed by atoms with Crippen LogP contribution in [0.25, 0.3) is 0 Å². The molecule has 0 spiro atoms. The van der Waals surface area contributed by atoms with Gasteiger partial charge in [0, 0.05) is 14.1 Å². The number of aliphatic hydroxyl groups is 2. The maximum Gasteiger partial charge on any atom is 1.00 e. The summed E-state index contributed by atoms with van der Waals surface area (Å²) in [5, 5.41) is 22.9. The number of hydrogen-bond donors (Lipinski definition) is 4. The van der Waals surface area contributed by atoms with Crippen LogP contribution in [0.3, 0.4) is 0 Å². The third kappa shape index (κ3) is 8.05. The zero-order valence-electron chi connectivity index (χ0n) is 19.4. The molecule has 0 aromatic heterocycles. The molecule has 0 radical (unpaired) electrons. The maximum absolute atomic E-state index is 11.8. The predicted molar refractivity (Wildman–Crippen MR) is 119 cm³/mol. The molecule has 10 nitrogen and oxygen atoms in total. The van der Waals surface area contributed by atoms with Crippen LogP contribution in [-0.2, 0) is 37.5 Å². The van der Waals surface area contributed by atoms with Crippen LogP contribution in [0.1, 0.15) is 11.1 Å². The number of nitrogens with zero attached hydrogens (tertiary/aromatic N) is 1. The zero-order chi connectivity index (χ0) is 24.0. The molecule has 2 aromatic rings. The molecule has 6 atom stereocenters. The molecular weight excluding hydrogens is 475 g/mol. The van der Waals surface area contributed by atoms with Gasteiger partial charge < -0.3 is 24.4 Å². The van der Waals surface area contributed by atoms with Gasteiger partial charge >= 0.3 is 29.6 Å². The second-order valence-corrected chi connectivity index (χ2v) is 9.48. The van der Waals surface area contributed by atoms with Gasteiger partial charge in [0.05, 0.1) is 13.2 Å². The Labute approximate surface area is 221 Å². The molecule has 4 N–H and O–H groups in total. The van der Waals surface area contributed by atoms with E-state index in [-0.39, 0.29) is 42.8 Å². The van der Waals surface area contributed by atoms with E-state index in [0.717, 1.165) is 11.1 Å². The van der Waals surface area contributed by atoms with Crippen LogP contribution in [0.5, 0.6) is 0 Å². The molecule has 1 fully saturated rings. The number of hydrazine groups is 1. The van der Waals surface area contributed by atoms with Crippen molar-refractivity contribution in [3.8, 4) is 0 Å². The van der Waals surface area contributed by atoms with Crippen LogP contribution in [0.2, 0.25) is 0 Å². The van der Waals surface area contributed by atoms with Crippen molar-refractivity contribution in [2.24, 2.45) is 0 Å². The summed E-state index contributed by atoms with van der Waals surface area (Å²) >= 11 is 0. The summed E-state index contributed by atoms with van der Waals surface area (Å²) in [6.45, 7) is 0.129. The van der Waals surface area contributed by atoms with Gasteiger partial charge in [-0.15, -0.1) is 0 Å². The minimum absolute atomic E-state index is 0. The largest absolute Gasteiger partial charge is 1.00 e. The van der Waals surface area contributed by atoms with Crippen molar-refractivity contribution in [1.82, 2.24) is 10.4 Å². The molecule has 1 aliphatic rings. The van der Waals surface area contributed by atoms with E-state index in [1.54, 1.807) is 14.1 Å². The Kier molecular flexibility index (Phi) is 11.5. The van der Waals surface area contributed by atoms with Gasteiger partial charge in [-0.25, -0.2) is 10.4 Å². The van der Waals surface area contributed by atoms with Crippen LogP contribution >= 0.6 is 0 Å². The Morgan fingerprint density at radius 1 is 0.971 bits per heavy atom. The summed E-state index contributed by atoms with van der Waals surface area (Å²) in [7, 11) is -1.60. The Morgan fingerprint density at radius 3 is 1.88 bits per heavy atom. The van der Waals surface area contributed by atoms with E-state index in [1.165, 1.54) is 5.01 Å². The number of hydrogen-bond acceptors (Lipinski definition) is 9. The number of aliphatic hydroxyl groups excluding tert-OH is 2. The third-order valence-corrected chi connectivity index (χ3v) is 6.02. The first kappa shape index (κ1) is 29.3. The fraction of sp³-hybridized carbons (Fsp3) is 0.455. The molecule has 1 aliphatic heterocycles. The normalized spacial score (nSPS) is 26.1. The van der Waals surface area contributed by atoms with E-state index in [9.17, 15) is 23.2 Å². The summed E-state index contributed by atoms with van der Waals surface area (Å²) in [4.78, 5) is 0. The van der Waals surface area contributed by atoms with Crippen molar-refractivity contribution in [2.45, 2.75) is 49.3 Å². The van der Waals surface area contributed by atoms with E-state index in [4.69, 9.17) is 14.2 Å². The van der Waals surface area contributed by atoms with Crippen LogP contribution in [-0.4, -0.2) is 78.4 Å². The second-order valence-electron chi connectivity index (χ2n) is 7.96. The van der Waals surface area contributed by atoms with Gasteiger partial charge in [-0.2, -0.15) is 8.42 Å². The molecular formula is C22H30N2NaO8S+. The molecule has 1 heterocycles. The average Bonchev–Trinajstić information content (AvgIpc) is 2.78. The molecule has 0 amide bonds. The Bertz CT molecular complexity index is 967. The first-order chi connectivity index (χ1) is 15.7. The van der Waals surface area contributed by atoms with Gasteiger partial charge in [-0.3, -0.25) is 4.55 Å². The summed E-state index contributed by atoms with van der Waals surface area (Å²) < 4.78 is 50.7. The Hall–Kier alpha value is -0.930. The van der Waals surface area contributed by atoms with Gasteiger partial charge in [-0.05, 0) is 11.1 Å². The van der Waals surface area contributed by atoms with Gasteiger partial charge in [0.2, 0.25) is 5.44 Å². The maximum atomic E-state index is 11.8. The predicted octanol–water partition coefficient (Wildman–Crippen LogP) is -2.48. The number of rotatable bonds is 10. The average molecular weight is 506 g/mol. The van der Waals surface area contributed by atoms with Crippen molar-refractivity contribution < 1.29 is 67.0 Å². The molecule has 3 rings (SSSR count). The molecule has 1 saturated heterocycles. The van der Waals surface area contributed by atoms with E-state index < -0.39 is 46.2 Å². The van der Waals surface area contributed by atoms with Crippen LogP contribution in [0.4, 0.5) is 0 Å². The van der Waals surface area contributed by atoms with Gasteiger partial charge in [0.25, 0.3) is 10.1 Å². The third-order valence-electron chi connectivity index (χ3n) is 5.14. The Morgan fingerprint density at radius 2 is 1.44 bits per heavy atom. The van der Waals surface area contributed by atoms with E-state index in [0.29, 0.717) is 0 Å². The molecule has 0 bridgehead atoms. The van der Waals surface area contributed by atoms with E-state index in [2.05, 4.69) is 5.43 Å². The van der Waals surface area contributed by atoms with Crippen LogP contribution in [0.15, 0.2) is 60.7 Å². The molecule has 6 unspecified atom stereocenters. The quantitative estimate of drug-likeness (QED) is 0.156. The van der Waals surface area contributed by atoms with Gasteiger partial charge in [0.15, 0.2) is 0 Å². The summed E-state index contributed by atoms with van der Waals surface area (Å²) in [6, 6.07) is 18.3. The van der Waals surface area contributed by atoms with Crippen molar-refractivity contribution in [1.29, 1.82) is 0 Å². The zero-order valence-corrected chi connectivity index (χ0v) is 22.2. The number of nitrogens with one attached hydrogen (secondary N) is 1. The van der Waals surface area contributed by atoms with Gasteiger partial charge in [-0.1, -0.05) is 60.7 Å². The summed E-state index contributed by atoms with van der Waals surface area (Å²) in [6.07, 6.45) is -6.30. The summed E-state index contributed by atoms with van der Waals surface area (Å²) in [5.41, 5.74) is 2.11. The molecule has 182 valence electrons. The fourth-order valence-electron chi connectivity index (χ4n) is 3.56. The van der Waals surface area contributed by atoms with Crippen molar-refractivity contribution >= 4 is 10.1 Å². The SMILES string of the molecule is CN(C)NC1OC(C(O)S(=O)(=O)O)C(OCc2ccccc2)C(OCc2ccccc2)C1O.[Na+]. The second kappa shape index (κ2) is 13.4. The fourth-order valence-corrected chi connectivity index (χ4v) is 4.12. The topological polar surface area (TPSA) is 138 Å². The smallest absolute Gasteiger partial charge is 0.386 e. The molecule has 0 aliphatic carbocycles. The minimum Gasteiger partial charge on any atom is -0.386 e. The van der Waals surface area contributed by atoms with E-state index >= 15 is 0 Å².